The quantitative estimate of drug-likeness (QED) is 0.724. The van der Waals surface area contributed by atoms with E-state index in [2.05, 4.69) is 0 Å². The van der Waals surface area contributed by atoms with Crippen LogP contribution >= 0.6 is 0 Å². The summed E-state index contributed by atoms with van der Waals surface area (Å²) in [6, 6.07) is 5.84. The number of rotatable bonds is 4. The van der Waals surface area contributed by atoms with Gasteiger partial charge in [0.25, 0.3) is 0 Å². The molecule has 0 atom stereocenters. The largest absolute Gasteiger partial charge is 0.490 e. The molecule has 0 amide bonds. The SMILES string of the molecule is Cc1ccc(OC(C)C)c(C(=O)C2CC2)c1. The first-order valence-electron chi connectivity index (χ1n) is 5.89. The maximum absolute atomic E-state index is 12.1. The highest BCUT2D eigenvalue weighted by Crippen LogP contribution is 2.35. The monoisotopic (exact) mass is 218 g/mol. The Hall–Kier alpha value is -1.31. The summed E-state index contributed by atoms with van der Waals surface area (Å²) in [6.45, 7) is 5.96. The second-order valence-electron chi connectivity index (χ2n) is 4.80. The van der Waals surface area contributed by atoms with Crippen LogP contribution in [0.4, 0.5) is 0 Å². The van der Waals surface area contributed by atoms with Gasteiger partial charge in [-0.25, -0.2) is 0 Å². The molecule has 0 unspecified atom stereocenters. The first kappa shape index (κ1) is 11.2. The minimum Gasteiger partial charge on any atom is -0.490 e. The highest BCUT2D eigenvalue weighted by Gasteiger charge is 2.32. The van der Waals surface area contributed by atoms with E-state index in [-0.39, 0.29) is 17.8 Å². The van der Waals surface area contributed by atoms with Crippen molar-refractivity contribution in [2.24, 2.45) is 5.92 Å². The summed E-state index contributed by atoms with van der Waals surface area (Å²) in [4.78, 5) is 12.1. The molecule has 1 aromatic carbocycles. The molecule has 2 heteroatoms. The molecular weight excluding hydrogens is 200 g/mol. The number of Topliss-reactive ketones (excluding diaryl/α,β-unsaturated/α-hetero) is 1. The maximum Gasteiger partial charge on any atom is 0.169 e. The van der Waals surface area contributed by atoms with Gasteiger partial charge in [0.05, 0.1) is 11.7 Å². The molecule has 0 bridgehead atoms. The summed E-state index contributed by atoms with van der Waals surface area (Å²) in [6.07, 6.45) is 2.18. The Morgan fingerprint density at radius 2 is 2.06 bits per heavy atom. The second kappa shape index (κ2) is 4.28. The Balaban J connectivity index is 2.31. The molecule has 1 aromatic rings. The van der Waals surface area contributed by atoms with E-state index in [9.17, 15) is 4.79 Å². The number of hydrogen-bond acceptors (Lipinski definition) is 2. The Bertz CT molecular complexity index is 403. The number of ether oxygens (including phenoxy) is 1. The molecule has 2 rings (SSSR count). The number of carbonyl (C=O) groups is 1. The van der Waals surface area contributed by atoms with Gasteiger partial charge in [0.15, 0.2) is 5.78 Å². The lowest BCUT2D eigenvalue weighted by atomic mass is 10.0. The van der Waals surface area contributed by atoms with Gasteiger partial charge in [0, 0.05) is 5.92 Å². The molecule has 0 N–H and O–H groups in total. The van der Waals surface area contributed by atoms with E-state index in [4.69, 9.17) is 4.74 Å². The van der Waals surface area contributed by atoms with Gasteiger partial charge in [-0.2, -0.15) is 0 Å². The van der Waals surface area contributed by atoms with E-state index in [0.29, 0.717) is 0 Å². The van der Waals surface area contributed by atoms with Crippen molar-refractivity contribution < 1.29 is 9.53 Å². The fraction of sp³-hybridized carbons (Fsp3) is 0.500. The summed E-state index contributed by atoms with van der Waals surface area (Å²) in [5.74, 6) is 1.23. The van der Waals surface area contributed by atoms with Gasteiger partial charge >= 0.3 is 0 Å². The van der Waals surface area contributed by atoms with Gasteiger partial charge in [-0.15, -0.1) is 0 Å². The predicted octanol–water partition coefficient (Wildman–Crippen LogP) is 3.37. The van der Waals surface area contributed by atoms with Crippen molar-refractivity contribution in [3.05, 3.63) is 29.3 Å². The molecule has 0 heterocycles. The van der Waals surface area contributed by atoms with Crippen LogP contribution in [0.5, 0.6) is 5.75 Å². The fourth-order valence-electron chi connectivity index (χ4n) is 1.76. The molecule has 0 aliphatic heterocycles. The van der Waals surface area contributed by atoms with Crippen LogP contribution in [0.1, 0.15) is 42.6 Å². The molecule has 1 saturated carbocycles. The molecule has 0 spiro atoms. The lowest BCUT2D eigenvalue weighted by Gasteiger charge is -2.14. The van der Waals surface area contributed by atoms with Crippen molar-refractivity contribution in [1.29, 1.82) is 0 Å². The van der Waals surface area contributed by atoms with Gasteiger partial charge in [-0.05, 0) is 45.7 Å². The van der Waals surface area contributed by atoms with Gasteiger partial charge < -0.3 is 4.74 Å². The van der Waals surface area contributed by atoms with E-state index in [1.165, 1.54) is 0 Å². The van der Waals surface area contributed by atoms with E-state index in [0.717, 1.165) is 29.7 Å². The van der Waals surface area contributed by atoms with Crippen LogP contribution in [0.25, 0.3) is 0 Å². The number of carbonyl (C=O) groups excluding carboxylic acids is 1. The molecule has 0 aromatic heterocycles. The van der Waals surface area contributed by atoms with E-state index in [1.54, 1.807) is 0 Å². The van der Waals surface area contributed by atoms with Crippen LogP contribution in [0, 0.1) is 12.8 Å². The molecule has 16 heavy (non-hydrogen) atoms. The summed E-state index contributed by atoms with van der Waals surface area (Å²) < 4.78 is 5.68. The average Bonchev–Trinajstić information content (AvgIpc) is 3.02. The van der Waals surface area contributed by atoms with Crippen LogP contribution in [0.2, 0.25) is 0 Å². The normalized spacial score (nSPS) is 15.2. The van der Waals surface area contributed by atoms with Crippen molar-refractivity contribution in [2.45, 2.75) is 39.7 Å². The Morgan fingerprint density at radius 1 is 1.38 bits per heavy atom. The van der Waals surface area contributed by atoms with E-state index >= 15 is 0 Å². The smallest absolute Gasteiger partial charge is 0.169 e. The second-order valence-corrected chi connectivity index (χ2v) is 4.80. The van der Waals surface area contributed by atoms with Crippen molar-refractivity contribution in [2.75, 3.05) is 0 Å². The fourth-order valence-corrected chi connectivity index (χ4v) is 1.76. The summed E-state index contributed by atoms with van der Waals surface area (Å²) in [5, 5.41) is 0. The minimum atomic E-state index is 0.105. The zero-order valence-electron chi connectivity index (χ0n) is 10.1. The molecular formula is C14H18O2. The number of hydrogen-bond donors (Lipinski definition) is 0. The van der Waals surface area contributed by atoms with Crippen LogP contribution < -0.4 is 4.74 Å². The average molecular weight is 218 g/mol. The standard InChI is InChI=1S/C14H18O2/c1-9(2)16-13-7-4-10(3)8-12(13)14(15)11-5-6-11/h4,7-9,11H,5-6H2,1-3H3. The first-order valence-corrected chi connectivity index (χ1v) is 5.89. The molecule has 1 aliphatic carbocycles. The van der Waals surface area contributed by atoms with Crippen LogP contribution in [0.3, 0.4) is 0 Å². The predicted molar refractivity (Wildman–Crippen MR) is 64.0 cm³/mol. The van der Waals surface area contributed by atoms with Crippen molar-refractivity contribution >= 4 is 5.78 Å². The topological polar surface area (TPSA) is 26.3 Å². The van der Waals surface area contributed by atoms with E-state index in [1.807, 2.05) is 39.0 Å². The van der Waals surface area contributed by atoms with Gasteiger partial charge in [0.2, 0.25) is 0 Å². The Labute approximate surface area is 96.6 Å². The Morgan fingerprint density at radius 3 is 2.62 bits per heavy atom. The minimum absolute atomic E-state index is 0.105. The van der Waals surface area contributed by atoms with Crippen LogP contribution in [-0.2, 0) is 0 Å². The van der Waals surface area contributed by atoms with Gasteiger partial charge in [-0.1, -0.05) is 11.6 Å². The zero-order chi connectivity index (χ0) is 11.7. The third-order valence-electron chi connectivity index (χ3n) is 2.71. The van der Waals surface area contributed by atoms with Crippen molar-refractivity contribution in [1.82, 2.24) is 0 Å². The lowest BCUT2D eigenvalue weighted by Crippen LogP contribution is -2.11. The van der Waals surface area contributed by atoms with Gasteiger partial charge in [0.1, 0.15) is 5.75 Å². The van der Waals surface area contributed by atoms with Crippen LogP contribution in [-0.4, -0.2) is 11.9 Å². The zero-order valence-corrected chi connectivity index (χ0v) is 10.1. The number of benzene rings is 1. The molecule has 1 aliphatic rings. The summed E-state index contributed by atoms with van der Waals surface area (Å²) >= 11 is 0. The maximum atomic E-state index is 12.1. The van der Waals surface area contributed by atoms with E-state index < -0.39 is 0 Å². The van der Waals surface area contributed by atoms with Crippen molar-refractivity contribution in [3.8, 4) is 5.75 Å². The highest BCUT2D eigenvalue weighted by atomic mass is 16.5. The summed E-state index contributed by atoms with van der Waals surface area (Å²) in [5.41, 5.74) is 1.87. The van der Waals surface area contributed by atoms with Crippen LogP contribution in [0.15, 0.2) is 18.2 Å². The molecule has 0 radical (unpaired) electrons. The number of aryl methyl sites for hydroxylation is 1. The lowest BCUT2D eigenvalue weighted by molar-refractivity contribution is 0.0961. The number of ketones is 1. The highest BCUT2D eigenvalue weighted by molar-refractivity contribution is 6.01. The molecule has 0 saturated heterocycles. The first-order chi connectivity index (χ1) is 7.58. The van der Waals surface area contributed by atoms with Gasteiger partial charge in [-0.3, -0.25) is 4.79 Å². The Kier molecular flexibility index (Phi) is 2.99. The molecule has 2 nitrogen and oxygen atoms in total. The molecule has 86 valence electrons. The molecule has 1 fully saturated rings. The summed E-state index contributed by atoms with van der Waals surface area (Å²) in [7, 11) is 0. The van der Waals surface area contributed by atoms with Crippen molar-refractivity contribution in [3.63, 3.8) is 0 Å². The third kappa shape index (κ3) is 2.43. The third-order valence-corrected chi connectivity index (χ3v) is 2.71.